The molecule has 0 amide bonds. The van der Waals surface area contributed by atoms with E-state index in [1.54, 1.807) is 10.7 Å². The molecule has 3 aromatic heterocycles. The van der Waals surface area contributed by atoms with Gasteiger partial charge in [0.25, 0.3) is 0 Å². The van der Waals surface area contributed by atoms with Crippen molar-refractivity contribution in [3.8, 4) is 17.0 Å². The molecular formula is C16H18N6O. The molecule has 0 bridgehead atoms. The molecule has 0 spiro atoms. The Kier molecular flexibility index (Phi) is 3.84. The van der Waals surface area contributed by atoms with Crippen LogP contribution in [0.1, 0.15) is 13.8 Å². The van der Waals surface area contributed by atoms with Gasteiger partial charge in [0.2, 0.25) is 0 Å². The molecule has 23 heavy (non-hydrogen) atoms. The number of hydrogen-bond donors (Lipinski definition) is 2. The van der Waals surface area contributed by atoms with Crippen molar-refractivity contribution < 1.29 is 4.74 Å². The zero-order valence-electron chi connectivity index (χ0n) is 13.1. The highest BCUT2D eigenvalue weighted by Gasteiger charge is 2.09. The molecule has 0 radical (unpaired) electrons. The average Bonchev–Trinajstić information content (AvgIpc) is 2.90. The molecule has 118 valence electrons. The predicted molar refractivity (Wildman–Crippen MR) is 90.2 cm³/mol. The lowest BCUT2D eigenvalue weighted by molar-refractivity contribution is 0.341. The summed E-state index contributed by atoms with van der Waals surface area (Å²) < 4.78 is 7.19. The lowest BCUT2D eigenvalue weighted by atomic mass is 10.2. The van der Waals surface area contributed by atoms with Crippen LogP contribution in [0.3, 0.4) is 0 Å². The number of imidazole rings is 1. The third-order valence-corrected chi connectivity index (χ3v) is 3.14. The van der Waals surface area contributed by atoms with Crippen LogP contribution in [0.25, 0.3) is 16.9 Å². The van der Waals surface area contributed by atoms with Crippen molar-refractivity contribution in [2.24, 2.45) is 0 Å². The summed E-state index contributed by atoms with van der Waals surface area (Å²) >= 11 is 0. The largest absolute Gasteiger partial charge is 0.490 e. The number of rotatable bonds is 5. The second-order valence-electron chi connectivity index (χ2n) is 5.09. The number of nitrogens with two attached hydrogens (primary N) is 1. The second kappa shape index (κ2) is 5.96. The molecule has 7 nitrogen and oxygen atoms in total. The monoisotopic (exact) mass is 310 g/mol. The van der Waals surface area contributed by atoms with Crippen LogP contribution in [0.4, 0.5) is 11.6 Å². The van der Waals surface area contributed by atoms with Crippen LogP contribution in [0.2, 0.25) is 0 Å². The molecule has 0 saturated heterocycles. The Morgan fingerprint density at radius 3 is 3.00 bits per heavy atom. The molecule has 0 atom stereocenters. The summed E-state index contributed by atoms with van der Waals surface area (Å²) in [6, 6.07) is 5.61. The SMILES string of the molecule is C=C(C)Nc1cn2nc(-c3cnc(N)c(OCC)c3)ccc2n1. The quantitative estimate of drug-likeness (QED) is 0.753. The Morgan fingerprint density at radius 1 is 1.43 bits per heavy atom. The molecule has 3 heterocycles. The van der Waals surface area contributed by atoms with Gasteiger partial charge in [-0.05, 0) is 32.0 Å². The zero-order valence-corrected chi connectivity index (χ0v) is 13.1. The van der Waals surface area contributed by atoms with Crippen molar-refractivity contribution >= 4 is 17.3 Å². The fourth-order valence-corrected chi connectivity index (χ4v) is 2.18. The number of nitrogen functional groups attached to an aromatic ring is 1. The summed E-state index contributed by atoms with van der Waals surface area (Å²) in [7, 11) is 0. The van der Waals surface area contributed by atoms with Crippen molar-refractivity contribution in [1.29, 1.82) is 0 Å². The summed E-state index contributed by atoms with van der Waals surface area (Å²) in [5, 5.41) is 7.62. The molecule has 0 unspecified atom stereocenters. The number of nitrogens with zero attached hydrogens (tertiary/aromatic N) is 4. The Balaban J connectivity index is 1.99. The smallest absolute Gasteiger partial charge is 0.166 e. The van der Waals surface area contributed by atoms with Gasteiger partial charge < -0.3 is 15.8 Å². The summed E-state index contributed by atoms with van der Waals surface area (Å²) in [4.78, 5) is 8.58. The number of fused-ring (bicyclic) bond motifs is 1. The van der Waals surface area contributed by atoms with Crippen LogP contribution in [0, 0.1) is 0 Å². The van der Waals surface area contributed by atoms with Gasteiger partial charge in [-0.1, -0.05) is 6.58 Å². The first kappa shape index (κ1) is 14.8. The van der Waals surface area contributed by atoms with E-state index >= 15 is 0 Å². The van der Waals surface area contributed by atoms with Crippen molar-refractivity contribution in [3.05, 3.63) is 42.9 Å². The summed E-state index contributed by atoms with van der Waals surface area (Å²) in [6.07, 6.45) is 3.48. The number of allylic oxidation sites excluding steroid dienone is 1. The fraction of sp³-hybridized carbons (Fsp3) is 0.188. The number of aromatic nitrogens is 4. The molecule has 0 aliphatic carbocycles. The second-order valence-corrected chi connectivity index (χ2v) is 5.09. The van der Waals surface area contributed by atoms with Crippen LogP contribution in [0.15, 0.2) is 42.9 Å². The van der Waals surface area contributed by atoms with Gasteiger partial charge in [-0.25, -0.2) is 14.5 Å². The minimum atomic E-state index is 0.368. The van der Waals surface area contributed by atoms with Crippen molar-refractivity contribution in [2.45, 2.75) is 13.8 Å². The van der Waals surface area contributed by atoms with Gasteiger partial charge in [0.1, 0.15) is 0 Å². The van der Waals surface area contributed by atoms with Crippen LogP contribution in [-0.2, 0) is 0 Å². The minimum Gasteiger partial charge on any atom is -0.490 e. The van der Waals surface area contributed by atoms with E-state index < -0.39 is 0 Å². The van der Waals surface area contributed by atoms with Crippen LogP contribution < -0.4 is 15.8 Å². The van der Waals surface area contributed by atoms with Gasteiger partial charge in [-0.15, -0.1) is 0 Å². The standard InChI is InChI=1S/C16H18N6O/c1-4-23-13-7-11(8-18-16(13)17)12-5-6-15-20-14(19-10(2)3)9-22(15)21-12/h5-9,19H,2,4H2,1,3H3,(H2,17,18). The van der Waals surface area contributed by atoms with Gasteiger partial charge >= 0.3 is 0 Å². The van der Waals surface area contributed by atoms with E-state index in [-0.39, 0.29) is 0 Å². The molecule has 0 aromatic carbocycles. The molecule has 3 aromatic rings. The van der Waals surface area contributed by atoms with Crippen molar-refractivity contribution in [2.75, 3.05) is 17.7 Å². The van der Waals surface area contributed by atoms with Gasteiger partial charge in [0, 0.05) is 17.5 Å². The van der Waals surface area contributed by atoms with E-state index in [9.17, 15) is 0 Å². The fourth-order valence-electron chi connectivity index (χ4n) is 2.18. The van der Waals surface area contributed by atoms with Crippen molar-refractivity contribution in [3.63, 3.8) is 0 Å². The van der Waals surface area contributed by atoms with Crippen molar-refractivity contribution in [1.82, 2.24) is 19.6 Å². The number of pyridine rings is 1. The van der Waals surface area contributed by atoms with E-state index in [4.69, 9.17) is 10.5 Å². The highest BCUT2D eigenvalue weighted by molar-refractivity contribution is 5.65. The normalized spacial score (nSPS) is 10.7. The maximum atomic E-state index is 5.81. The zero-order chi connectivity index (χ0) is 16.4. The van der Waals surface area contributed by atoms with Crippen LogP contribution >= 0.6 is 0 Å². The number of ether oxygens (including phenoxy) is 1. The summed E-state index contributed by atoms with van der Waals surface area (Å²) in [6.45, 7) is 8.11. The summed E-state index contributed by atoms with van der Waals surface area (Å²) in [5.74, 6) is 1.63. The van der Waals surface area contributed by atoms with E-state index in [2.05, 4.69) is 27.0 Å². The average molecular weight is 310 g/mol. The highest BCUT2D eigenvalue weighted by Crippen LogP contribution is 2.26. The first-order valence-corrected chi connectivity index (χ1v) is 7.24. The lowest BCUT2D eigenvalue weighted by Crippen LogP contribution is -2.00. The Hall–Kier alpha value is -3.09. The number of anilines is 2. The third-order valence-electron chi connectivity index (χ3n) is 3.14. The Bertz CT molecular complexity index is 870. The maximum absolute atomic E-state index is 5.81. The topological polar surface area (TPSA) is 90.4 Å². The van der Waals surface area contributed by atoms with Crippen LogP contribution in [-0.4, -0.2) is 26.2 Å². The molecule has 3 N–H and O–H groups in total. The van der Waals surface area contributed by atoms with E-state index in [0.717, 1.165) is 22.6 Å². The van der Waals surface area contributed by atoms with Gasteiger partial charge in [0.05, 0.1) is 18.5 Å². The molecule has 0 aliphatic rings. The number of hydrogen-bond acceptors (Lipinski definition) is 6. The van der Waals surface area contributed by atoms with E-state index in [1.807, 2.05) is 38.2 Å². The highest BCUT2D eigenvalue weighted by atomic mass is 16.5. The van der Waals surface area contributed by atoms with Gasteiger partial charge in [-0.3, -0.25) is 0 Å². The van der Waals surface area contributed by atoms with Crippen LogP contribution in [0.5, 0.6) is 5.75 Å². The van der Waals surface area contributed by atoms with E-state index in [1.165, 1.54) is 0 Å². The predicted octanol–water partition coefficient (Wildman–Crippen LogP) is 2.72. The molecule has 0 saturated carbocycles. The molecule has 7 heteroatoms. The third kappa shape index (κ3) is 3.08. The molecule has 0 fully saturated rings. The molecule has 0 aliphatic heterocycles. The van der Waals surface area contributed by atoms with Gasteiger partial charge in [-0.2, -0.15) is 5.10 Å². The minimum absolute atomic E-state index is 0.368. The first-order valence-electron chi connectivity index (χ1n) is 7.24. The lowest BCUT2D eigenvalue weighted by Gasteiger charge is -2.08. The molecular weight excluding hydrogens is 292 g/mol. The maximum Gasteiger partial charge on any atom is 0.166 e. The first-order chi connectivity index (χ1) is 11.1. The molecule has 3 rings (SSSR count). The van der Waals surface area contributed by atoms with E-state index in [0.29, 0.717) is 24.0 Å². The Morgan fingerprint density at radius 2 is 2.26 bits per heavy atom. The summed E-state index contributed by atoms with van der Waals surface area (Å²) in [5.41, 5.74) is 8.95. The number of nitrogens with one attached hydrogen (secondary N) is 1. The Labute approximate surface area is 133 Å². The van der Waals surface area contributed by atoms with Gasteiger partial charge in [0.15, 0.2) is 23.0 Å².